The Balaban J connectivity index is 1.79. The van der Waals surface area contributed by atoms with E-state index < -0.39 is 0 Å². The van der Waals surface area contributed by atoms with Gasteiger partial charge in [-0.2, -0.15) is 0 Å². The van der Waals surface area contributed by atoms with E-state index in [1.54, 1.807) is 13.2 Å². The number of likely N-dealkylation sites (tertiary alicyclic amines) is 1. The molecule has 0 aliphatic carbocycles. The fraction of sp³-hybridized carbons (Fsp3) is 0.667. The van der Waals surface area contributed by atoms with E-state index in [1.807, 2.05) is 6.20 Å². The number of hydrogen-bond donors (Lipinski definition) is 2. The van der Waals surface area contributed by atoms with Gasteiger partial charge in [-0.15, -0.1) is 0 Å². The van der Waals surface area contributed by atoms with Crippen molar-refractivity contribution in [1.29, 1.82) is 0 Å². The Morgan fingerprint density at radius 3 is 2.67 bits per heavy atom. The summed E-state index contributed by atoms with van der Waals surface area (Å²) in [6, 6.07) is 0. The van der Waals surface area contributed by atoms with Gasteiger partial charge < -0.3 is 10.6 Å². The van der Waals surface area contributed by atoms with Crippen LogP contribution in [0.2, 0.25) is 0 Å². The van der Waals surface area contributed by atoms with E-state index in [2.05, 4.69) is 32.4 Å². The quantitative estimate of drug-likeness (QED) is 0.825. The summed E-state index contributed by atoms with van der Waals surface area (Å²) in [6.07, 6.45) is 6.54. The predicted molar refractivity (Wildman–Crippen MR) is 82.9 cm³/mol. The molecule has 1 aromatic heterocycles. The molecule has 2 heterocycles. The summed E-state index contributed by atoms with van der Waals surface area (Å²) in [4.78, 5) is 22.8. The monoisotopic (exact) mass is 291 g/mol. The SMILES string of the molecule is CCCNc1cnc(CN2CCC(C(=O)NC)CC2)cn1. The third-order valence-electron chi connectivity index (χ3n) is 3.85. The number of aromatic nitrogens is 2. The fourth-order valence-corrected chi connectivity index (χ4v) is 2.57. The van der Waals surface area contributed by atoms with Crippen molar-refractivity contribution >= 4 is 11.7 Å². The summed E-state index contributed by atoms with van der Waals surface area (Å²) in [7, 11) is 1.71. The van der Waals surface area contributed by atoms with Crippen molar-refractivity contribution in [2.45, 2.75) is 32.7 Å². The summed E-state index contributed by atoms with van der Waals surface area (Å²) < 4.78 is 0. The number of rotatable bonds is 6. The topological polar surface area (TPSA) is 70.2 Å². The van der Waals surface area contributed by atoms with Gasteiger partial charge in [0.05, 0.1) is 18.1 Å². The smallest absolute Gasteiger partial charge is 0.222 e. The molecule has 0 spiro atoms. The molecular weight excluding hydrogens is 266 g/mol. The van der Waals surface area contributed by atoms with Crippen LogP contribution < -0.4 is 10.6 Å². The first-order chi connectivity index (χ1) is 10.2. The van der Waals surface area contributed by atoms with Crippen molar-refractivity contribution in [2.24, 2.45) is 5.92 Å². The lowest BCUT2D eigenvalue weighted by Crippen LogP contribution is -2.39. The first-order valence-electron chi connectivity index (χ1n) is 7.71. The maximum atomic E-state index is 11.6. The van der Waals surface area contributed by atoms with Crippen LogP contribution in [-0.4, -0.2) is 47.5 Å². The molecule has 1 amide bonds. The van der Waals surface area contributed by atoms with Gasteiger partial charge >= 0.3 is 0 Å². The summed E-state index contributed by atoms with van der Waals surface area (Å²) >= 11 is 0. The maximum Gasteiger partial charge on any atom is 0.222 e. The van der Waals surface area contributed by atoms with Crippen LogP contribution >= 0.6 is 0 Å². The lowest BCUT2D eigenvalue weighted by atomic mass is 9.96. The number of carbonyl (C=O) groups excluding carboxylic acids is 1. The Kier molecular flexibility index (Phi) is 5.92. The highest BCUT2D eigenvalue weighted by Gasteiger charge is 2.24. The number of anilines is 1. The highest BCUT2D eigenvalue weighted by atomic mass is 16.1. The Hall–Kier alpha value is -1.69. The molecule has 1 aromatic rings. The van der Waals surface area contributed by atoms with E-state index in [-0.39, 0.29) is 11.8 Å². The van der Waals surface area contributed by atoms with E-state index in [0.29, 0.717) is 0 Å². The van der Waals surface area contributed by atoms with Crippen LogP contribution in [0.25, 0.3) is 0 Å². The molecule has 6 heteroatoms. The molecule has 2 rings (SSSR count). The molecule has 1 aliphatic heterocycles. The highest BCUT2D eigenvalue weighted by molar-refractivity contribution is 5.78. The molecule has 0 bridgehead atoms. The zero-order valence-electron chi connectivity index (χ0n) is 12.9. The van der Waals surface area contributed by atoms with Crippen molar-refractivity contribution in [3.8, 4) is 0 Å². The number of nitrogens with zero attached hydrogens (tertiary/aromatic N) is 3. The summed E-state index contributed by atoms with van der Waals surface area (Å²) in [5, 5.41) is 5.95. The summed E-state index contributed by atoms with van der Waals surface area (Å²) in [6.45, 7) is 5.73. The van der Waals surface area contributed by atoms with Gasteiger partial charge in [0.25, 0.3) is 0 Å². The van der Waals surface area contributed by atoms with Crippen LogP contribution in [0.5, 0.6) is 0 Å². The van der Waals surface area contributed by atoms with E-state index in [0.717, 1.165) is 57.0 Å². The van der Waals surface area contributed by atoms with E-state index in [4.69, 9.17) is 0 Å². The molecule has 0 radical (unpaired) electrons. The number of amides is 1. The van der Waals surface area contributed by atoms with Crippen LogP contribution in [-0.2, 0) is 11.3 Å². The Morgan fingerprint density at radius 2 is 2.10 bits per heavy atom. The molecule has 0 unspecified atom stereocenters. The first kappa shape index (κ1) is 15.7. The molecule has 116 valence electrons. The second-order valence-corrected chi connectivity index (χ2v) is 5.48. The zero-order valence-corrected chi connectivity index (χ0v) is 12.9. The molecule has 0 atom stereocenters. The molecular formula is C15H25N5O. The molecule has 1 aliphatic rings. The van der Waals surface area contributed by atoms with Gasteiger partial charge in [0.1, 0.15) is 5.82 Å². The predicted octanol–water partition coefficient (Wildman–Crippen LogP) is 1.26. The van der Waals surface area contributed by atoms with Crippen LogP contribution in [0, 0.1) is 5.92 Å². The number of hydrogen-bond acceptors (Lipinski definition) is 5. The van der Waals surface area contributed by atoms with Crippen molar-refractivity contribution < 1.29 is 4.79 Å². The van der Waals surface area contributed by atoms with Gasteiger partial charge in [-0.1, -0.05) is 6.92 Å². The lowest BCUT2D eigenvalue weighted by molar-refractivity contribution is -0.125. The minimum Gasteiger partial charge on any atom is -0.369 e. The summed E-state index contributed by atoms with van der Waals surface area (Å²) in [5.74, 6) is 1.16. The van der Waals surface area contributed by atoms with Crippen LogP contribution in [0.3, 0.4) is 0 Å². The third-order valence-corrected chi connectivity index (χ3v) is 3.85. The van der Waals surface area contributed by atoms with Crippen molar-refractivity contribution in [2.75, 3.05) is 32.0 Å². The van der Waals surface area contributed by atoms with Crippen molar-refractivity contribution in [1.82, 2.24) is 20.2 Å². The number of piperidine rings is 1. The van der Waals surface area contributed by atoms with Crippen molar-refractivity contribution in [3.05, 3.63) is 18.1 Å². The lowest BCUT2D eigenvalue weighted by Gasteiger charge is -2.30. The zero-order chi connectivity index (χ0) is 15.1. The Labute approximate surface area is 126 Å². The third kappa shape index (κ3) is 4.67. The highest BCUT2D eigenvalue weighted by Crippen LogP contribution is 2.18. The van der Waals surface area contributed by atoms with Gasteiger partial charge in [0.15, 0.2) is 0 Å². The summed E-state index contributed by atoms with van der Waals surface area (Å²) in [5.41, 5.74) is 0.982. The standard InChI is InChI=1S/C15H25N5O/c1-3-6-17-14-10-18-13(9-19-14)11-20-7-4-12(5-8-20)15(21)16-2/h9-10,12H,3-8,11H2,1-2H3,(H,16,21)(H,17,19). The number of nitrogens with one attached hydrogen (secondary N) is 2. The van der Waals surface area contributed by atoms with E-state index in [9.17, 15) is 4.79 Å². The average Bonchev–Trinajstić information content (AvgIpc) is 2.54. The van der Waals surface area contributed by atoms with Gasteiger partial charge in [-0.3, -0.25) is 14.7 Å². The van der Waals surface area contributed by atoms with Gasteiger partial charge in [0, 0.05) is 26.1 Å². The van der Waals surface area contributed by atoms with Gasteiger partial charge in [-0.25, -0.2) is 4.98 Å². The van der Waals surface area contributed by atoms with Crippen LogP contribution in [0.15, 0.2) is 12.4 Å². The molecule has 0 aromatic carbocycles. The minimum atomic E-state index is 0.165. The number of carbonyl (C=O) groups is 1. The minimum absolute atomic E-state index is 0.165. The van der Waals surface area contributed by atoms with Gasteiger partial charge in [-0.05, 0) is 32.4 Å². The fourth-order valence-electron chi connectivity index (χ4n) is 2.57. The Morgan fingerprint density at radius 1 is 1.33 bits per heavy atom. The van der Waals surface area contributed by atoms with Crippen LogP contribution in [0.1, 0.15) is 31.9 Å². The molecule has 6 nitrogen and oxygen atoms in total. The first-order valence-corrected chi connectivity index (χ1v) is 7.71. The average molecular weight is 291 g/mol. The van der Waals surface area contributed by atoms with Crippen LogP contribution in [0.4, 0.5) is 5.82 Å². The van der Waals surface area contributed by atoms with Gasteiger partial charge in [0.2, 0.25) is 5.91 Å². The van der Waals surface area contributed by atoms with E-state index in [1.165, 1.54) is 0 Å². The largest absolute Gasteiger partial charge is 0.369 e. The Bertz CT molecular complexity index is 440. The van der Waals surface area contributed by atoms with E-state index >= 15 is 0 Å². The normalized spacial score (nSPS) is 16.7. The molecule has 2 N–H and O–H groups in total. The second kappa shape index (κ2) is 7.93. The maximum absolute atomic E-state index is 11.6. The molecule has 1 saturated heterocycles. The van der Waals surface area contributed by atoms with Crippen molar-refractivity contribution in [3.63, 3.8) is 0 Å². The molecule has 0 saturated carbocycles. The second-order valence-electron chi connectivity index (χ2n) is 5.48. The molecule has 1 fully saturated rings. The molecule has 21 heavy (non-hydrogen) atoms.